The summed E-state index contributed by atoms with van der Waals surface area (Å²) in [6.45, 7) is 0. The third-order valence-electron chi connectivity index (χ3n) is 0. The Labute approximate surface area is 84.0 Å². The van der Waals surface area contributed by atoms with E-state index < -0.39 is 13.4 Å². The van der Waals surface area contributed by atoms with E-state index in [4.69, 9.17) is 16.0 Å². The van der Waals surface area contributed by atoms with Crippen molar-refractivity contribution in [3.63, 3.8) is 0 Å². The molecule has 0 aromatic heterocycles. The van der Waals surface area contributed by atoms with Gasteiger partial charge in [-0.05, 0) is 0 Å². The van der Waals surface area contributed by atoms with Crippen molar-refractivity contribution in [1.82, 2.24) is 0 Å². The van der Waals surface area contributed by atoms with Crippen LogP contribution in [0, 0.1) is 0 Å². The quantitative estimate of drug-likeness (QED) is 0.362. The van der Waals surface area contributed by atoms with Crippen LogP contribution in [0.3, 0.4) is 0 Å². The van der Waals surface area contributed by atoms with Crippen LogP contribution in [0.25, 0.3) is 0 Å². The van der Waals surface area contributed by atoms with Gasteiger partial charge in [0.15, 0.2) is 0 Å². The van der Waals surface area contributed by atoms with Crippen molar-refractivity contribution in [3.8, 4) is 0 Å². The molecule has 0 aromatic rings. The molecule has 0 heterocycles. The Morgan fingerprint density at radius 1 is 1.14 bits per heavy atom. The third-order valence-corrected chi connectivity index (χ3v) is 0. The molecule has 0 bridgehead atoms. The molecule has 0 fully saturated rings. The molecular formula is H2FKMnO4. The van der Waals surface area contributed by atoms with Gasteiger partial charge in [-0.2, -0.15) is 0 Å². The van der Waals surface area contributed by atoms with E-state index in [1.807, 2.05) is 0 Å². The Morgan fingerprint density at radius 2 is 1.14 bits per heavy atom. The molecule has 2 N–H and O–H groups in total. The van der Waals surface area contributed by atoms with Gasteiger partial charge in [0.1, 0.15) is 0 Å². The van der Waals surface area contributed by atoms with Crippen LogP contribution in [-0.4, -0.2) is 8.38 Å². The molecule has 0 aliphatic rings. The van der Waals surface area contributed by atoms with E-state index in [2.05, 4.69) is 0 Å². The van der Waals surface area contributed by atoms with Crippen LogP contribution in [0.5, 0.6) is 0 Å². The molecule has 0 radical (unpaired) electrons. The molecule has 0 rings (SSSR count). The van der Waals surface area contributed by atoms with Crippen molar-refractivity contribution in [2.24, 2.45) is 0 Å². The molecule has 0 aliphatic heterocycles. The van der Waals surface area contributed by atoms with Crippen molar-refractivity contribution in [3.05, 3.63) is 0 Å². The van der Waals surface area contributed by atoms with Crippen LogP contribution in [-0.2, 0) is 21.0 Å². The number of halogens is 1. The van der Waals surface area contributed by atoms with E-state index in [9.17, 15) is 0 Å². The summed E-state index contributed by atoms with van der Waals surface area (Å²) in [5.41, 5.74) is 0. The summed E-state index contributed by atoms with van der Waals surface area (Å²) < 4.78 is 31.8. The molecular weight excluding hydrogens is 177 g/mol. The monoisotopic (exact) mass is 179 g/mol. The van der Waals surface area contributed by atoms with Gasteiger partial charge in [0.2, 0.25) is 0 Å². The summed E-state index contributed by atoms with van der Waals surface area (Å²) in [4.78, 5) is 0. The van der Waals surface area contributed by atoms with Gasteiger partial charge in [-0.1, -0.05) is 0 Å². The summed E-state index contributed by atoms with van der Waals surface area (Å²) in [5, 5.41) is 0. The molecule has 0 saturated carbocycles. The summed E-state index contributed by atoms with van der Waals surface area (Å²) in [7, 11) is 0. The van der Waals surface area contributed by atoms with E-state index >= 15 is 0 Å². The van der Waals surface area contributed by atoms with Crippen LogP contribution < -0.4 is 56.1 Å². The minimum atomic E-state index is -5.12. The van der Waals surface area contributed by atoms with Gasteiger partial charge in [0.05, 0.1) is 0 Å². The fourth-order valence-electron chi connectivity index (χ4n) is 0. The molecule has 7 heteroatoms. The standard InChI is InChI=1S/FH.K.Mn.2H2O.2O/h1H;;;2*1H2;;/q;+1;+2;;;;/p-3. The molecule has 0 spiro atoms. The summed E-state index contributed by atoms with van der Waals surface area (Å²) in [6, 6.07) is 0. The van der Waals surface area contributed by atoms with Gasteiger partial charge in [0, 0.05) is 0 Å². The Kier molecular flexibility index (Phi) is 13.0. The SMILES string of the molecule is [F-].[K+].[O]=[Mn](=[O])([OH])[OH]. The molecule has 0 aliphatic carbocycles. The van der Waals surface area contributed by atoms with Crippen molar-refractivity contribution in [2.75, 3.05) is 0 Å². The first kappa shape index (κ1) is 15.8. The second kappa shape index (κ2) is 5.74. The second-order valence-corrected chi connectivity index (χ2v) is 1.71. The second-order valence-electron chi connectivity index (χ2n) is 0.415. The van der Waals surface area contributed by atoms with Crippen LogP contribution in [0.2, 0.25) is 0 Å². The number of rotatable bonds is 0. The normalized spacial score (nSPS) is 8.29. The molecule has 0 aromatic carbocycles. The maximum absolute atomic E-state index is 8.80. The first-order valence-corrected chi connectivity index (χ1v) is 2.67. The van der Waals surface area contributed by atoms with Gasteiger partial charge >= 0.3 is 80.8 Å². The van der Waals surface area contributed by atoms with Crippen LogP contribution >= 0.6 is 0 Å². The van der Waals surface area contributed by atoms with Crippen LogP contribution in [0.1, 0.15) is 0 Å². The predicted octanol–water partition coefficient (Wildman–Crippen LogP) is -7.35. The molecule has 0 unspecified atom stereocenters. The third kappa shape index (κ3) is 92.7. The molecule has 4 nitrogen and oxygen atoms in total. The first-order chi connectivity index (χ1) is 2.00. The van der Waals surface area contributed by atoms with Crippen molar-refractivity contribution < 1.29 is 85.5 Å². The zero-order valence-electron chi connectivity index (χ0n) is 3.47. The van der Waals surface area contributed by atoms with Crippen LogP contribution in [0.15, 0.2) is 0 Å². The van der Waals surface area contributed by atoms with Gasteiger partial charge in [-0.25, -0.2) is 0 Å². The molecule has 0 atom stereocenters. The van der Waals surface area contributed by atoms with E-state index in [1.54, 1.807) is 0 Å². The zero-order valence-corrected chi connectivity index (χ0v) is 7.77. The average Bonchev–Trinajstić information content (AvgIpc) is 0.722. The minimum absolute atomic E-state index is 0. The van der Waals surface area contributed by atoms with E-state index in [1.165, 1.54) is 0 Å². The topological polar surface area (TPSA) is 74.6 Å². The van der Waals surface area contributed by atoms with Gasteiger partial charge < -0.3 is 4.70 Å². The van der Waals surface area contributed by atoms with Gasteiger partial charge in [0.25, 0.3) is 0 Å². The Hall–Kier alpha value is 1.61. The summed E-state index contributed by atoms with van der Waals surface area (Å²) in [6.07, 6.45) is 0. The van der Waals surface area contributed by atoms with Gasteiger partial charge in [-0.3, -0.25) is 0 Å². The Balaban J connectivity index is -0.0000000800. The molecule has 7 heavy (non-hydrogen) atoms. The van der Waals surface area contributed by atoms with E-state index in [0.717, 1.165) is 0 Å². The van der Waals surface area contributed by atoms with Crippen molar-refractivity contribution in [1.29, 1.82) is 0 Å². The summed E-state index contributed by atoms with van der Waals surface area (Å²) in [5.74, 6) is 0. The molecule has 0 amide bonds. The zero-order chi connectivity index (χ0) is 4.50. The van der Waals surface area contributed by atoms with Crippen LogP contribution in [0.4, 0.5) is 0 Å². The maximum atomic E-state index is 8.80. The summed E-state index contributed by atoms with van der Waals surface area (Å²) >= 11 is -5.12. The Bertz CT molecular complexity index is 94.9. The van der Waals surface area contributed by atoms with E-state index in [-0.39, 0.29) is 56.1 Å². The predicted molar refractivity (Wildman–Crippen MR) is 5.81 cm³/mol. The van der Waals surface area contributed by atoms with Crippen molar-refractivity contribution in [2.45, 2.75) is 0 Å². The number of hydrogen-bond acceptors (Lipinski definition) is 2. The average molecular weight is 179 g/mol. The first-order valence-electron chi connectivity index (χ1n) is 0.647. The number of hydrogen-bond donors (Lipinski definition) is 2. The van der Waals surface area contributed by atoms with E-state index in [0.29, 0.717) is 0 Å². The molecule has 41 valence electrons. The van der Waals surface area contributed by atoms with Gasteiger partial charge in [-0.15, -0.1) is 0 Å². The van der Waals surface area contributed by atoms with Crippen molar-refractivity contribution >= 4 is 0 Å². The fourth-order valence-corrected chi connectivity index (χ4v) is 0. The molecule has 0 saturated heterocycles. The Morgan fingerprint density at radius 3 is 1.14 bits per heavy atom. The fraction of sp³-hybridized carbons (Fsp3) is 0.